The summed E-state index contributed by atoms with van der Waals surface area (Å²) in [5.74, 6) is -0.441. The highest BCUT2D eigenvalue weighted by atomic mass is 16.5. The molecule has 0 unspecified atom stereocenters. The van der Waals surface area contributed by atoms with Gasteiger partial charge in [0.2, 0.25) is 0 Å². The van der Waals surface area contributed by atoms with Crippen LogP contribution >= 0.6 is 0 Å². The predicted octanol–water partition coefficient (Wildman–Crippen LogP) is 3.98. The number of aromatic nitrogens is 2. The molecule has 7 heteroatoms. The minimum Gasteiger partial charge on any atom is -0.465 e. The Kier molecular flexibility index (Phi) is 6.80. The first-order chi connectivity index (χ1) is 16.6. The number of rotatable bonds is 7. The Bertz CT molecular complexity index is 1400. The molecule has 0 atom stereocenters. The molecule has 0 aliphatic carbocycles. The summed E-state index contributed by atoms with van der Waals surface area (Å²) in [6, 6.07) is 26.8. The predicted molar refractivity (Wildman–Crippen MR) is 130 cm³/mol. The van der Waals surface area contributed by atoms with Crippen molar-refractivity contribution < 1.29 is 9.53 Å². The van der Waals surface area contributed by atoms with Crippen molar-refractivity contribution in [1.82, 2.24) is 9.38 Å². The van der Waals surface area contributed by atoms with Gasteiger partial charge in [-0.1, -0.05) is 66.7 Å². The molecule has 0 radical (unpaired) electrons. The lowest BCUT2D eigenvalue weighted by Gasteiger charge is -2.26. The maximum absolute atomic E-state index is 13.5. The number of nitrogens with zero attached hydrogens (tertiary/aromatic N) is 4. The third-order valence-corrected chi connectivity index (χ3v) is 5.30. The first-order valence-corrected chi connectivity index (χ1v) is 10.6. The number of fused-ring (bicyclic) bond motifs is 1. The van der Waals surface area contributed by atoms with E-state index in [-0.39, 0.29) is 16.7 Å². The highest BCUT2D eigenvalue weighted by molar-refractivity contribution is 5.98. The number of anilines is 1. The van der Waals surface area contributed by atoms with E-state index in [1.54, 1.807) is 24.4 Å². The first kappa shape index (κ1) is 22.5. The highest BCUT2D eigenvalue weighted by Gasteiger charge is 2.20. The van der Waals surface area contributed by atoms with Gasteiger partial charge < -0.3 is 9.64 Å². The molecule has 0 aliphatic heterocycles. The van der Waals surface area contributed by atoms with Crippen molar-refractivity contribution in [3.8, 4) is 6.07 Å². The number of methoxy groups -OCH3 is 1. The van der Waals surface area contributed by atoms with Gasteiger partial charge in [-0.25, -0.2) is 9.78 Å². The largest absolute Gasteiger partial charge is 0.465 e. The maximum Gasteiger partial charge on any atom is 0.348 e. The zero-order valence-electron chi connectivity index (χ0n) is 18.6. The normalized spacial score (nSPS) is 11.1. The van der Waals surface area contributed by atoms with Crippen molar-refractivity contribution in [2.75, 3.05) is 12.0 Å². The molecule has 0 saturated heterocycles. The second-order valence-corrected chi connectivity index (χ2v) is 7.57. The van der Waals surface area contributed by atoms with Crippen LogP contribution in [-0.2, 0) is 22.6 Å². The van der Waals surface area contributed by atoms with E-state index in [0.29, 0.717) is 24.6 Å². The molecule has 2 heterocycles. The van der Waals surface area contributed by atoms with Gasteiger partial charge in [-0.3, -0.25) is 9.20 Å². The topological polar surface area (TPSA) is 87.7 Å². The molecule has 0 fully saturated rings. The van der Waals surface area contributed by atoms with E-state index in [1.165, 1.54) is 17.6 Å². The third kappa shape index (κ3) is 4.87. The third-order valence-electron chi connectivity index (χ3n) is 5.30. The van der Waals surface area contributed by atoms with Crippen molar-refractivity contribution in [1.29, 1.82) is 5.26 Å². The number of hydrogen-bond acceptors (Lipinski definition) is 6. The minimum absolute atomic E-state index is 0.137. The molecule has 4 aromatic rings. The standard InChI is InChI=1S/C27H22N4O3/c1-34-27(33)22(17-28)16-23-25(29-24-14-8-9-15-31(24)26(23)32)30(18-20-10-4-2-5-11-20)19-21-12-6-3-7-13-21/h2-16H,18-19H2,1H3/b22-16+. The summed E-state index contributed by atoms with van der Waals surface area (Å²) in [6.45, 7) is 0.929. The number of esters is 1. The fourth-order valence-electron chi connectivity index (χ4n) is 3.66. The summed E-state index contributed by atoms with van der Waals surface area (Å²) in [4.78, 5) is 32.4. The smallest absolute Gasteiger partial charge is 0.348 e. The van der Waals surface area contributed by atoms with Crippen LogP contribution in [-0.4, -0.2) is 22.5 Å². The molecule has 0 spiro atoms. The summed E-state index contributed by atoms with van der Waals surface area (Å²) in [7, 11) is 1.19. The lowest BCUT2D eigenvalue weighted by atomic mass is 10.1. The van der Waals surface area contributed by atoms with Crippen LogP contribution in [0.5, 0.6) is 0 Å². The summed E-state index contributed by atoms with van der Waals surface area (Å²) in [5, 5.41) is 9.53. The summed E-state index contributed by atoms with van der Waals surface area (Å²) in [6.07, 6.45) is 2.87. The molecule has 0 N–H and O–H groups in total. The van der Waals surface area contributed by atoms with Gasteiger partial charge in [-0.15, -0.1) is 0 Å². The quantitative estimate of drug-likeness (QED) is 0.240. The van der Waals surface area contributed by atoms with E-state index in [0.717, 1.165) is 11.1 Å². The van der Waals surface area contributed by atoms with Crippen LogP contribution in [0.25, 0.3) is 11.7 Å². The fraction of sp³-hybridized carbons (Fsp3) is 0.111. The fourth-order valence-corrected chi connectivity index (χ4v) is 3.66. The Morgan fingerprint density at radius 1 is 1.00 bits per heavy atom. The van der Waals surface area contributed by atoms with Crippen LogP contribution < -0.4 is 10.5 Å². The molecule has 4 rings (SSSR count). The zero-order chi connectivity index (χ0) is 23.9. The van der Waals surface area contributed by atoms with Crippen LogP contribution in [0.1, 0.15) is 16.7 Å². The van der Waals surface area contributed by atoms with Gasteiger partial charge in [0, 0.05) is 19.3 Å². The molecule has 168 valence electrons. The molecular weight excluding hydrogens is 428 g/mol. The van der Waals surface area contributed by atoms with E-state index < -0.39 is 5.97 Å². The van der Waals surface area contributed by atoms with Crippen molar-refractivity contribution in [3.63, 3.8) is 0 Å². The maximum atomic E-state index is 13.5. The minimum atomic E-state index is -0.816. The van der Waals surface area contributed by atoms with Crippen LogP contribution in [0.3, 0.4) is 0 Å². The molecule has 2 aromatic heterocycles. The van der Waals surface area contributed by atoms with Crippen LogP contribution in [0.2, 0.25) is 0 Å². The van der Waals surface area contributed by atoms with Gasteiger partial charge >= 0.3 is 5.97 Å². The second-order valence-electron chi connectivity index (χ2n) is 7.57. The first-order valence-electron chi connectivity index (χ1n) is 10.6. The van der Waals surface area contributed by atoms with Gasteiger partial charge in [-0.05, 0) is 29.3 Å². The average molecular weight is 450 g/mol. The van der Waals surface area contributed by atoms with Crippen molar-refractivity contribution in [2.24, 2.45) is 0 Å². The van der Waals surface area contributed by atoms with E-state index in [1.807, 2.05) is 71.6 Å². The second kappa shape index (κ2) is 10.3. The van der Waals surface area contributed by atoms with Crippen LogP contribution in [0.15, 0.2) is 95.4 Å². The Hall–Kier alpha value is -4.70. The molecule has 0 amide bonds. The monoisotopic (exact) mass is 450 g/mol. The lowest BCUT2D eigenvalue weighted by molar-refractivity contribution is -0.135. The Labute approximate surface area is 196 Å². The van der Waals surface area contributed by atoms with Gasteiger partial charge in [0.25, 0.3) is 5.56 Å². The van der Waals surface area contributed by atoms with Gasteiger partial charge in [0.1, 0.15) is 23.1 Å². The van der Waals surface area contributed by atoms with E-state index in [4.69, 9.17) is 9.72 Å². The number of benzene rings is 2. The van der Waals surface area contributed by atoms with E-state index in [9.17, 15) is 14.9 Å². The number of carbonyl (C=O) groups excluding carboxylic acids is 1. The van der Waals surface area contributed by atoms with Crippen molar-refractivity contribution in [3.05, 3.63) is 118 Å². The van der Waals surface area contributed by atoms with Crippen LogP contribution in [0, 0.1) is 11.3 Å². The van der Waals surface area contributed by atoms with E-state index in [2.05, 4.69) is 0 Å². The Morgan fingerprint density at radius 3 is 2.15 bits per heavy atom. The van der Waals surface area contributed by atoms with Gasteiger partial charge in [-0.2, -0.15) is 5.26 Å². The van der Waals surface area contributed by atoms with Crippen molar-refractivity contribution in [2.45, 2.75) is 13.1 Å². The molecule has 0 saturated carbocycles. The molecule has 7 nitrogen and oxygen atoms in total. The molecule has 2 aromatic carbocycles. The van der Waals surface area contributed by atoms with Gasteiger partial charge in [0.15, 0.2) is 0 Å². The zero-order valence-corrected chi connectivity index (χ0v) is 18.6. The summed E-state index contributed by atoms with van der Waals surface area (Å²) in [5.41, 5.74) is 1.98. The summed E-state index contributed by atoms with van der Waals surface area (Å²) >= 11 is 0. The Morgan fingerprint density at radius 2 is 1.59 bits per heavy atom. The molecule has 0 aliphatic rings. The van der Waals surface area contributed by atoms with Gasteiger partial charge in [0.05, 0.1) is 12.7 Å². The average Bonchev–Trinajstić information content (AvgIpc) is 2.88. The van der Waals surface area contributed by atoms with Crippen molar-refractivity contribution >= 4 is 23.5 Å². The van der Waals surface area contributed by atoms with Crippen LogP contribution in [0.4, 0.5) is 5.82 Å². The number of hydrogen-bond donors (Lipinski definition) is 0. The number of carbonyl (C=O) groups is 1. The van der Waals surface area contributed by atoms with E-state index >= 15 is 0 Å². The number of ether oxygens (including phenoxy) is 1. The highest BCUT2D eigenvalue weighted by Crippen LogP contribution is 2.24. The number of pyridine rings is 1. The molecule has 34 heavy (non-hydrogen) atoms. The SMILES string of the molecule is COC(=O)/C(C#N)=C/c1c(N(Cc2ccccc2)Cc2ccccc2)nc2ccccn2c1=O. The lowest BCUT2D eigenvalue weighted by Crippen LogP contribution is -2.29. The molecule has 0 bridgehead atoms. The number of nitriles is 1. The molecular formula is C27H22N4O3. The Balaban J connectivity index is 1.95. The summed E-state index contributed by atoms with van der Waals surface area (Å²) < 4.78 is 6.12.